The quantitative estimate of drug-likeness (QED) is 0.778. The maximum atomic E-state index is 11.7. The van der Waals surface area contributed by atoms with Crippen molar-refractivity contribution in [2.24, 2.45) is 0 Å². The monoisotopic (exact) mass is 277 g/mol. The fourth-order valence-electron chi connectivity index (χ4n) is 2.42. The predicted octanol–water partition coefficient (Wildman–Crippen LogP) is 3.17. The van der Waals surface area contributed by atoms with Crippen molar-refractivity contribution in [3.05, 3.63) is 34.9 Å². The van der Waals surface area contributed by atoms with E-state index in [2.05, 4.69) is 51.2 Å². The van der Waals surface area contributed by atoms with Gasteiger partial charge < -0.3 is 10.1 Å². The lowest BCUT2D eigenvalue weighted by atomic mass is 9.97. The number of aryl methyl sites for hydroxylation is 2. The number of rotatable bonds is 7. The standard InChI is InChI=1S/C17H27NO2/c1-6-20-17(19)11-16(18-12(2)3)10-15-8-7-13(4)9-14(15)5/h7-9,12,16,18H,6,10-11H2,1-5H3. The Morgan fingerprint density at radius 1 is 1.30 bits per heavy atom. The van der Waals surface area contributed by atoms with Crippen molar-refractivity contribution in [1.29, 1.82) is 0 Å². The minimum absolute atomic E-state index is 0.121. The van der Waals surface area contributed by atoms with Crippen LogP contribution in [0.3, 0.4) is 0 Å². The van der Waals surface area contributed by atoms with Gasteiger partial charge in [-0.25, -0.2) is 0 Å². The summed E-state index contributed by atoms with van der Waals surface area (Å²) < 4.78 is 5.06. The van der Waals surface area contributed by atoms with Crippen LogP contribution in [0.15, 0.2) is 18.2 Å². The van der Waals surface area contributed by atoms with Gasteiger partial charge in [0.2, 0.25) is 0 Å². The molecule has 0 aromatic heterocycles. The van der Waals surface area contributed by atoms with Gasteiger partial charge in [-0.1, -0.05) is 37.6 Å². The van der Waals surface area contributed by atoms with Crippen LogP contribution in [0.25, 0.3) is 0 Å². The van der Waals surface area contributed by atoms with E-state index in [0.29, 0.717) is 19.1 Å². The summed E-state index contributed by atoms with van der Waals surface area (Å²) in [4.78, 5) is 11.7. The fraction of sp³-hybridized carbons (Fsp3) is 0.588. The highest BCUT2D eigenvalue weighted by Crippen LogP contribution is 2.14. The Labute approximate surface area is 122 Å². The Morgan fingerprint density at radius 2 is 2.00 bits per heavy atom. The van der Waals surface area contributed by atoms with Crippen LogP contribution < -0.4 is 5.32 Å². The number of nitrogens with one attached hydrogen (secondary N) is 1. The van der Waals surface area contributed by atoms with Gasteiger partial charge >= 0.3 is 5.97 Å². The van der Waals surface area contributed by atoms with E-state index in [1.54, 1.807) is 0 Å². The fourth-order valence-corrected chi connectivity index (χ4v) is 2.42. The van der Waals surface area contributed by atoms with Crippen LogP contribution in [0.2, 0.25) is 0 Å². The van der Waals surface area contributed by atoms with Crippen molar-refractivity contribution in [3.8, 4) is 0 Å². The van der Waals surface area contributed by atoms with Gasteiger partial charge in [0, 0.05) is 12.1 Å². The predicted molar refractivity (Wildman–Crippen MR) is 82.9 cm³/mol. The molecule has 1 aromatic carbocycles. The van der Waals surface area contributed by atoms with Gasteiger partial charge in [0.1, 0.15) is 0 Å². The molecule has 1 N–H and O–H groups in total. The molecule has 20 heavy (non-hydrogen) atoms. The maximum Gasteiger partial charge on any atom is 0.307 e. The minimum Gasteiger partial charge on any atom is -0.466 e. The molecule has 0 aliphatic heterocycles. The average molecular weight is 277 g/mol. The van der Waals surface area contributed by atoms with Crippen LogP contribution in [0.1, 0.15) is 43.9 Å². The number of ether oxygens (including phenoxy) is 1. The third kappa shape index (κ3) is 5.74. The summed E-state index contributed by atoms with van der Waals surface area (Å²) in [5.41, 5.74) is 3.84. The lowest BCUT2D eigenvalue weighted by Crippen LogP contribution is -2.38. The molecule has 0 radical (unpaired) electrons. The van der Waals surface area contributed by atoms with E-state index >= 15 is 0 Å². The molecular formula is C17H27NO2. The third-order valence-electron chi connectivity index (χ3n) is 3.25. The van der Waals surface area contributed by atoms with E-state index < -0.39 is 0 Å². The smallest absolute Gasteiger partial charge is 0.307 e. The topological polar surface area (TPSA) is 38.3 Å². The van der Waals surface area contributed by atoms with Crippen LogP contribution >= 0.6 is 0 Å². The molecule has 0 aliphatic carbocycles. The maximum absolute atomic E-state index is 11.7. The van der Waals surface area contributed by atoms with Crippen molar-refractivity contribution in [2.75, 3.05) is 6.61 Å². The van der Waals surface area contributed by atoms with Gasteiger partial charge in [-0.2, -0.15) is 0 Å². The van der Waals surface area contributed by atoms with Gasteiger partial charge in [-0.15, -0.1) is 0 Å². The highest BCUT2D eigenvalue weighted by atomic mass is 16.5. The second-order valence-electron chi connectivity index (χ2n) is 5.66. The van der Waals surface area contributed by atoms with Crippen molar-refractivity contribution in [2.45, 2.75) is 59.5 Å². The normalized spacial score (nSPS) is 12.5. The summed E-state index contributed by atoms with van der Waals surface area (Å²) in [6.45, 7) is 10.7. The van der Waals surface area contributed by atoms with Crippen LogP contribution in [0.4, 0.5) is 0 Å². The molecule has 1 unspecified atom stereocenters. The van der Waals surface area contributed by atoms with E-state index in [1.165, 1.54) is 16.7 Å². The molecule has 0 heterocycles. The van der Waals surface area contributed by atoms with E-state index in [-0.39, 0.29) is 12.0 Å². The largest absolute Gasteiger partial charge is 0.466 e. The van der Waals surface area contributed by atoms with Gasteiger partial charge in [0.25, 0.3) is 0 Å². The molecule has 1 aromatic rings. The summed E-state index contributed by atoms with van der Waals surface area (Å²) in [6, 6.07) is 6.94. The number of hydrogen-bond donors (Lipinski definition) is 1. The molecule has 0 aliphatic rings. The average Bonchev–Trinajstić information content (AvgIpc) is 2.32. The summed E-state index contributed by atoms with van der Waals surface area (Å²) >= 11 is 0. The van der Waals surface area contributed by atoms with E-state index in [9.17, 15) is 4.79 Å². The third-order valence-corrected chi connectivity index (χ3v) is 3.25. The molecule has 3 heteroatoms. The van der Waals surface area contributed by atoms with Gasteiger partial charge in [-0.3, -0.25) is 4.79 Å². The van der Waals surface area contributed by atoms with Crippen molar-refractivity contribution in [3.63, 3.8) is 0 Å². The zero-order valence-electron chi connectivity index (χ0n) is 13.3. The Morgan fingerprint density at radius 3 is 2.55 bits per heavy atom. The van der Waals surface area contributed by atoms with Crippen LogP contribution in [0.5, 0.6) is 0 Å². The first-order valence-corrected chi connectivity index (χ1v) is 7.40. The molecule has 0 saturated carbocycles. The highest BCUT2D eigenvalue weighted by Gasteiger charge is 2.17. The molecule has 112 valence electrons. The lowest BCUT2D eigenvalue weighted by molar-refractivity contribution is -0.143. The SMILES string of the molecule is CCOC(=O)CC(Cc1ccc(C)cc1C)NC(C)C. The molecule has 0 amide bonds. The first-order valence-electron chi connectivity index (χ1n) is 7.40. The Kier molecular flexibility index (Phi) is 6.73. The zero-order chi connectivity index (χ0) is 15.1. The van der Waals surface area contributed by atoms with Crippen molar-refractivity contribution < 1.29 is 9.53 Å². The Balaban J connectivity index is 2.75. The number of carbonyl (C=O) groups excluding carboxylic acids is 1. The second kappa shape index (κ2) is 8.05. The zero-order valence-corrected chi connectivity index (χ0v) is 13.3. The van der Waals surface area contributed by atoms with Crippen LogP contribution in [-0.2, 0) is 16.0 Å². The molecule has 3 nitrogen and oxygen atoms in total. The lowest BCUT2D eigenvalue weighted by Gasteiger charge is -2.21. The van der Waals surface area contributed by atoms with Crippen molar-refractivity contribution in [1.82, 2.24) is 5.32 Å². The summed E-state index contributed by atoms with van der Waals surface area (Å²) in [6.07, 6.45) is 1.27. The molecular weight excluding hydrogens is 250 g/mol. The minimum atomic E-state index is -0.129. The van der Waals surface area contributed by atoms with Gasteiger partial charge in [0.15, 0.2) is 0 Å². The molecule has 0 bridgehead atoms. The summed E-state index contributed by atoms with van der Waals surface area (Å²) in [7, 11) is 0. The number of hydrogen-bond acceptors (Lipinski definition) is 3. The van der Waals surface area contributed by atoms with Crippen LogP contribution in [-0.4, -0.2) is 24.7 Å². The highest BCUT2D eigenvalue weighted by molar-refractivity contribution is 5.70. The Hall–Kier alpha value is -1.35. The molecule has 0 spiro atoms. The van der Waals surface area contributed by atoms with Gasteiger partial charge in [0.05, 0.1) is 13.0 Å². The van der Waals surface area contributed by atoms with E-state index in [4.69, 9.17) is 4.74 Å². The number of esters is 1. The summed E-state index contributed by atoms with van der Waals surface area (Å²) in [5.74, 6) is -0.129. The molecule has 1 atom stereocenters. The number of benzene rings is 1. The second-order valence-corrected chi connectivity index (χ2v) is 5.66. The first kappa shape index (κ1) is 16.7. The van der Waals surface area contributed by atoms with Crippen LogP contribution in [0, 0.1) is 13.8 Å². The molecule has 0 saturated heterocycles. The first-order chi connectivity index (χ1) is 9.42. The number of carbonyl (C=O) groups is 1. The van der Waals surface area contributed by atoms with E-state index in [1.807, 2.05) is 6.92 Å². The van der Waals surface area contributed by atoms with Gasteiger partial charge in [-0.05, 0) is 38.3 Å². The molecule has 0 fully saturated rings. The Bertz CT molecular complexity index is 441. The molecule has 1 rings (SSSR count). The van der Waals surface area contributed by atoms with Crippen molar-refractivity contribution >= 4 is 5.97 Å². The van der Waals surface area contributed by atoms with E-state index in [0.717, 1.165) is 6.42 Å². The summed E-state index contributed by atoms with van der Waals surface area (Å²) in [5, 5.41) is 3.46.